The van der Waals surface area contributed by atoms with Crippen molar-refractivity contribution in [3.63, 3.8) is 0 Å². The second kappa shape index (κ2) is 7.25. The minimum atomic E-state index is -1.20. The maximum atomic E-state index is 10.3. The topological polar surface area (TPSA) is 57.2 Å². The number of hydrogen-bond acceptors (Lipinski definition) is 3. The summed E-state index contributed by atoms with van der Waals surface area (Å²) in [4.78, 5) is 20.0. The van der Waals surface area contributed by atoms with E-state index < -0.39 is 5.97 Å². The molecule has 3 nitrogen and oxygen atoms in total. The number of hydrogen-bond donors (Lipinski definition) is 0. The summed E-state index contributed by atoms with van der Waals surface area (Å²) in [7, 11) is 0. The molecule has 0 heterocycles. The van der Waals surface area contributed by atoms with Crippen LogP contribution in [0.25, 0.3) is 0 Å². The number of allylic oxidation sites excluding steroid dienone is 1. The minimum Gasteiger partial charge on any atom is -0.550 e. The van der Waals surface area contributed by atoms with Crippen LogP contribution >= 0.6 is 0 Å². The van der Waals surface area contributed by atoms with Gasteiger partial charge < -0.3 is 9.90 Å². The van der Waals surface area contributed by atoms with Crippen LogP contribution in [0.4, 0.5) is 0 Å². The summed E-state index contributed by atoms with van der Waals surface area (Å²) in [6, 6.07) is 0. The molecule has 0 aromatic carbocycles. The summed E-state index contributed by atoms with van der Waals surface area (Å²) < 4.78 is 0. The molecule has 0 spiro atoms. The average Bonchev–Trinajstić information content (AvgIpc) is 1.83. The van der Waals surface area contributed by atoms with Crippen LogP contribution in [0.15, 0.2) is 12.7 Å². The Balaban J connectivity index is 0. The van der Waals surface area contributed by atoms with Crippen molar-refractivity contribution in [2.75, 3.05) is 0 Å². The van der Waals surface area contributed by atoms with Crippen LogP contribution in [-0.2, 0) is 9.59 Å². The summed E-state index contributed by atoms with van der Waals surface area (Å²) in [6.45, 7) is 3.18. The maximum absolute atomic E-state index is 10.3. The van der Waals surface area contributed by atoms with Crippen molar-refractivity contribution in [2.45, 2.75) is 12.8 Å². The molecule has 10 heavy (non-hydrogen) atoms. The van der Waals surface area contributed by atoms with Crippen molar-refractivity contribution < 1.29 is 14.7 Å². The zero-order chi connectivity index (χ0) is 7.28. The summed E-state index contributed by atoms with van der Waals surface area (Å²) in [5.41, 5.74) is 0. The minimum absolute atomic E-state index is 0. The number of ketones is 1. The fourth-order valence-corrected chi connectivity index (χ4v) is 0.327. The first kappa shape index (κ1) is 12.8. The van der Waals surface area contributed by atoms with E-state index in [2.05, 4.69) is 6.58 Å². The third-order valence-corrected chi connectivity index (χ3v) is 0.803. The SMILES string of the molecule is C=CC(=O)CCC(=O)[O-].[Ca+2]. The number of rotatable bonds is 4. The van der Waals surface area contributed by atoms with Gasteiger partial charge in [0, 0.05) is 12.4 Å². The van der Waals surface area contributed by atoms with Gasteiger partial charge in [-0.2, -0.15) is 0 Å². The molecule has 0 aliphatic rings. The summed E-state index contributed by atoms with van der Waals surface area (Å²) in [5.74, 6) is -1.47. The van der Waals surface area contributed by atoms with Crippen molar-refractivity contribution in [3.05, 3.63) is 12.7 Å². The first-order valence-electron chi connectivity index (χ1n) is 2.52. The first-order valence-corrected chi connectivity index (χ1v) is 2.52. The molecule has 0 saturated heterocycles. The van der Waals surface area contributed by atoms with Gasteiger partial charge in [0.15, 0.2) is 5.78 Å². The third kappa shape index (κ3) is 8.14. The van der Waals surface area contributed by atoms with Crippen molar-refractivity contribution in [1.29, 1.82) is 0 Å². The molecule has 0 amide bonds. The second-order valence-electron chi connectivity index (χ2n) is 1.54. The molecule has 4 heteroatoms. The zero-order valence-corrected chi connectivity index (χ0v) is 7.84. The Hall–Kier alpha value is 0.140. The molecule has 50 valence electrons. The Kier molecular flexibility index (Phi) is 9.27. The standard InChI is InChI=1S/C6H8O3.Ca/c1-2-5(7)3-4-6(8)9;/h2H,1,3-4H2,(H,8,9);/q;+2/p-1. The molecule has 0 bridgehead atoms. The van der Waals surface area contributed by atoms with Crippen molar-refractivity contribution in [2.24, 2.45) is 0 Å². The van der Waals surface area contributed by atoms with E-state index in [4.69, 9.17) is 0 Å². The molecule has 0 aliphatic heterocycles. The number of carbonyl (C=O) groups is 2. The predicted molar refractivity (Wildman–Crippen MR) is 35.2 cm³/mol. The number of carbonyl (C=O) groups excluding carboxylic acids is 2. The largest absolute Gasteiger partial charge is 2.00 e. The van der Waals surface area contributed by atoms with E-state index >= 15 is 0 Å². The Labute approximate surface area is 89.1 Å². The molecule has 0 aromatic rings. The van der Waals surface area contributed by atoms with Gasteiger partial charge in [-0.25, -0.2) is 0 Å². The van der Waals surface area contributed by atoms with Crippen LogP contribution in [0.3, 0.4) is 0 Å². The molecule has 0 aliphatic carbocycles. The van der Waals surface area contributed by atoms with Gasteiger partial charge in [-0.3, -0.25) is 4.79 Å². The van der Waals surface area contributed by atoms with Crippen LogP contribution in [-0.4, -0.2) is 49.5 Å². The quantitative estimate of drug-likeness (QED) is 0.394. The Bertz CT molecular complexity index is 142. The van der Waals surface area contributed by atoms with Gasteiger partial charge in [0.05, 0.1) is 0 Å². The zero-order valence-electron chi connectivity index (χ0n) is 5.63. The summed E-state index contributed by atoms with van der Waals surface area (Å²) >= 11 is 0. The molecular weight excluding hydrogens is 160 g/mol. The van der Waals surface area contributed by atoms with E-state index in [1.54, 1.807) is 0 Å². The van der Waals surface area contributed by atoms with E-state index in [0.29, 0.717) is 0 Å². The maximum Gasteiger partial charge on any atom is 2.00 e. The van der Waals surface area contributed by atoms with Gasteiger partial charge in [0.1, 0.15) is 0 Å². The average molecular weight is 167 g/mol. The van der Waals surface area contributed by atoms with E-state index in [0.717, 1.165) is 6.08 Å². The van der Waals surface area contributed by atoms with Crippen molar-refractivity contribution >= 4 is 49.5 Å². The fraction of sp³-hybridized carbons (Fsp3) is 0.333. The monoisotopic (exact) mass is 167 g/mol. The molecule has 0 N–H and O–H groups in total. The fourth-order valence-electron chi connectivity index (χ4n) is 0.327. The Morgan fingerprint density at radius 3 is 2.20 bits per heavy atom. The molecule has 0 fully saturated rings. The van der Waals surface area contributed by atoms with Crippen LogP contribution in [0.2, 0.25) is 0 Å². The predicted octanol–water partition coefficient (Wildman–Crippen LogP) is -1.11. The molecule has 0 saturated carbocycles. The van der Waals surface area contributed by atoms with E-state index in [1.807, 2.05) is 0 Å². The normalized spacial score (nSPS) is 7.60. The Morgan fingerprint density at radius 1 is 1.40 bits per heavy atom. The molecule has 0 atom stereocenters. The molecule has 0 unspecified atom stereocenters. The van der Waals surface area contributed by atoms with Gasteiger partial charge in [0.2, 0.25) is 0 Å². The van der Waals surface area contributed by atoms with Crippen LogP contribution in [0.5, 0.6) is 0 Å². The van der Waals surface area contributed by atoms with E-state index in [1.165, 1.54) is 0 Å². The van der Waals surface area contributed by atoms with Crippen LogP contribution in [0, 0.1) is 0 Å². The van der Waals surface area contributed by atoms with E-state index in [9.17, 15) is 14.7 Å². The number of carboxylic acid groups (broad SMARTS) is 1. The van der Waals surface area contributed by atoms with Gasteiger partial charge in [-0.1, -0.05) is 6.58 Å². The number of aliphatic carboxylic acids is 1. The second-order valence-corrected chi connectivity index (χ2v) is 1.54. The molecular formula is C6H7CaO3+. The van der Waals surface area contributed by atoms with Gasteiger partial charge in [-0.15, -0.1) is 0 Å². The molecule has 0 radical (unpaired) electrons. The van der Waals surface area contributed by atoms with Crippen LogP contribution < -0.4 is 5.11 Å². The van der Waals surface area contributed by atoms with Crippen molar-refractivity contribution in [3.8, 4) is 0 Å². The first-order chi connectivity index (χ1) is 4.16. The van der Waals surface area contributed by atoms with Gasteiger partial charge >= 0.3 is 37.7 Å². The van der Waals surface area contributed by atoms with E-state index in [-0.39, 0.29) is 56.4 Å². The van der Waals surface area contributed by atoms with Gasteiger partial charge in [0.25, 0.3) is 0 Å². The summed E-state index contributed by atoms with van der Waals surface area (Å²) in [5, 5.41) is 9.72. The smallest absolute Gasteiger partial charge is 0.550 e. The van der Waals surface area contributed by atoms with Crippen LogP contribution in [0.1, 0.15) is 12.8 Å². The third-order valence-electron chi connectivity index (χ3n) is 0.803. The number of carboxylic acids is 1. The van der Waals surface area contributed by atoms with Gasteiger partial charge in [-0.05, 0) is 12.5 Å². The summed E-state index contributed by atoms with van der Waals surface area (Å²) in [6.07, 6.45) is 0.875. The van der Waals surface area contributed by atoms with Crippen molar-refractivity contribution in [1.82, 2.24) is 0 Å². The Morgan fingerprint density at radius 2 is 1.90 bits per heavy atom. The molecule has 0 aromatic heterocycles. The molecule has 0 rings (SSSR count).